The molecule has 5 heteroatoms. The Morgan fingerprint density at radius 1 is 1.04 bits per heavy atom. The summed E-state index contributed by atoms with van der Waals surface area (Å²) in [5.41, 5.74) is 2.14. The fraction of sp³-hybridized carbons (Fsp3) is 0.381. The number of halogens is 2. The molecular formula is C21H24Cl2N2O. The van der Waals surface area contributed by atoms with Gasteiger partial charge < -0.3 is 4.90 Å². The number of nitrogens with zero attached hydrogens (tertiary/aromatic N) is 2. The van der Waals surface area contributed by atoms with E-state index in [1.807, 2.05) is 48.3 Å². The Kier molecular flexibility index (Phi) is 6.58. The van der Waals surface area contributed by atoms with E-state index in [0.717, 1.165) is 43.6 Å². The number of hydrogen-bond acceptors (Lipinski definition) is 2. The molecule has 26 heavy (non-hydrogen) atoms. The van der Waals surface area contributed by atoms with Crippen LogP contribution in [0.25, 0.3) is 0 Å². The van der Waals surface area contributed by atoms with Gasteiger partial charge in [-0.2, -0.15) is 0 Å². The van der Waals surface area contributed by atoms with Crippen molar-refractivity contribution in [3.8, 4) is 0 Å². The molecule has 1 fully saturated rings. The van der Waals surface area contributed by atoms with E-state index in [-0.39, 0.29) is 11.8 Å². The molecule has 0 spiro atoms. The Hall–Kier alpha value is -1.55. The predicted octanol–water partition coefficient (Wildman–Crippen LogP) is 4.86. The van der Waals surface area contributed by atoms with Gasteiger partial charge in [-0.1, -0.05) is 59.6 Å². The molecule has 1 saturated heterocycles. The maximum absolute atomic E-state index is 12.7. The lowest BCUT2D eigenvalue weighted by Gasteiger charge is -2.33. The van der Waals surface area contributed by atoms with Crippen LogP contribution in [0.3, 0.4) is 0 Å². The van der Waals surface area contributed by atoms with E-state index in [1.54, 1.807) is 0 Å². The van der Waals surface area contributed by atoms with E-state index in [1.165, 1.54) is 0 Å². The van der Waals surface area contributed by atoms with Crippen molar-refractivity contribution in [1.29, 1.82) is 0 Å². The molecule has 0 radical (unpaired) electrons. The standard InChI is InChI=1S/C21H24Cl2N2O/c1-24(14-16-6-3-2-4-7-16)21(26)17-10-12-25(13-11-17)15-18-19(22)8-5-9-20(18)23/h2-9,17H,10-15H2,1H3. The molecule has 0 atom stereocenters. The summed E-state index contributed by atoms with van der Waals surface area (Å²) in [5, 5.41) is 1.41. The molecule has 1 aliphatic rings. The highest BCUT2D eigenvalue weighted by Gasteiger charge is 2.27. The molecule has 3 nitrogen and oxygen atoms in total. The summed E-state index contributed by atoms with van der Waals surface area (Å²) in [5.74, 6) is 0.339. The predicted molar refractivity (Wildman–Crippen MR) is 107 cm³/mol. The van der Waals surface area contributed by atoms with Gasteiger partial charge in [-0.3, -0.25) is 9.69 Å². The van der Waals surface area contributed by atoms with Crippen LogP contribution in [-0.4, -0.2) is 35.8 Å². The topological polar surface area (TPSA) is 23.6 Å². The third kappa shape index (κ3) is 4.79. The second-order valence-electron chi connectivity index (χ2n) is 6.93. The molecule has 0 saturated carbocycles. The first-order chi connectivity index (χ1) is 12.5. The molecule has 0 N–H and O–H groups in total. The van der Waals surface area contributed by atoms with Crippen LogP contribution in [0.1, 0.15) is 24.0 Å². The van der Waals surface area contributed by atoms with Crippen LogP contribution >= 0.6 is 23.2 Å². The lowest BCUT2D eigenvalue weighted by atomic mass is 9.95. The van der Waals surface area contributed by atoms with Crippen molar-refractivity contribution in [1.82, 2.24) is 9.80 Å². The van der Waals surface area contributed by atoms with Gasteiger partial charge in [0, 0.05) is 41.7 Å². The van der Waals surface area contributed by atoms with Gasteiger partial charge in [-0.25, -0.2) is 0 Å². The van der Waals surface area contributed by atoms with Crippen LogP contribution in [0.2, 0.25) is 10.0 Å². The summed E-state index contributed by atoms with van der Waals surface area (Å²) in [6.07, 6.45) is 1.75. The second kappa shape index (κ2) is 8.90. The smallest absolute Gasteiger partial charge is 0.225 e. The van der Waals surface area contributed by atoms with Crippen LogP contribution < -0.4 is 0 Å². The number of amides is 1. The van der Waals surface area contributed by atoms with Crippen molar-refractivity contribution in [2.45, 2.75) is 25.9 Å². The van der Waals surface area contributed by atoms with Crippen LogP contribution in [0.15, 0.2) is 48.5 Å². The minimum absolute atomic E-state index is 0.0988. The number of carbonyl (C=O) groups is 1. The fourth-order valence-corrected chi connectivity index (χ4v) is 4.01. The van der Waals surface area contributed by atoms with Crippen molar-refractivity contribution in [3.63, 3.8) is 0 Å². The lowest BCUT2D eigenvalue weighted by Crippen LogP contribution is -2.40. The van der Waals surface area contributed by atoms with E-state index in [0.29, 0.717) is 16.6 Å². The Labute approximate surface area is 165 Å². The van der Waals surface area contributed by atoms with Crippen LogP contribution in [0.4, 0.5) is 0 Å². The maximum Gasteiger partial charge on any atom is 0.225 e. The van der Waals surface area contributed by atoms with Gasteiger partial charge in [-0.15, -0.1) is 0 Å². The highest BCUT2D eigenvalue weighted by molar-refractivity contribution is 6.35. The van der Waals surface area contributed by atoms with E-state index in [2.05, 4.69) is 17.0 Å². The van der Waals surface area contributed by atoms with Crippen LogP contribution in [-0.2, 0) is 17.9 Å². The zero-order chi connectivity index (χ0) is 18.5. The molecule has 0 bridgehead atoms. The Balaban J connectivity index is 1.52. The average molecular weight is 391 g/mol. The van der Waals surface area contributed by atoms with Gasteiger partial charge in [0.05, 0.1) is 0 Å². The Bertz CT molecular complexity index is 723. The number of rotatable bonds is 5. The first kappa shape index (κ1) is 19.2. The molecular weight excluding hydrogens is 367 g/mol. The number of piperidine rings is 1. The number of carbonyl (C=O) groups excluding carboxylic acids is 1. The number of likely N-dealkylation sites (tertiary alicyclic amines) is 1. The maximum atomic E-state index is 12.7. The highest BCUT2D eigenvalue weighted by Crippen LogP contribution is 2.28. The first-order valence-corrected chi connectivity index (χ1v) is 9.74. The third-order valence-corrected chi connectivity index (χ3v) is 5.73. The van der Waals surface area contributed by atoms with Gasteiger partial charge in [0.15, 0.2) is 0 Å². The summed E-state index contributed by atoms with van der Waals surface area (Å²) >= 11 is 12.5. The highest BCUT2D eigenvalue weighted by atomic mass is 35.5. The molecule has 2 aromatic carbocycles. The van der Waals surface area contributed by atoms with Crippen LogP contribution in [0.5, 0.6) is 0 Å². The zero-order valence-corrected chi connectivity index (χ0v) is 16.5. The molecule has 1 heterocycles. The van der Waals surface area contributed by atoms with E-state index < -0.39 is 0 Å². The molecule has 0 unspecified atom stereocenters. The third-order valence-electron chi connectivity index (χ3n) is 5.02. The summed E-state index contributed by atoms with van der Waals surface area (Å²) in [6.45, 7) is 3.17. The summed E-state index contributed by atoms with van der Waals surface area (Å²) in [4.78, 5) is 16.9. The van der Waals surface area contributed by atoms with Gasteiger partial charge in [0.1, 0.15) is 0 Å². The Morgan fingerprint density at radius 2 is 1.65 bits per heavy atom. The molecule has 3 rings (SSSR count). The van der Waals surface area contributed by atoms with Crippen molar-refractivity contribution in [2.24, 2.45) is 5.92 Å². The van der Waals surface area contributed by atoms with E-state index in [4.69, 9.17) is 23.2 Å². The number of hydrogen-bond donors (Lipinski definition) is 0. The van der Waals surface area contributed by atoms with Gasteiger partial charge in [-0.05, 0) is 43.6 Å². The summed E-state index contributed by atoms with van der Waals surface area (Å²) in [7, 11) is 1.89. The van der Waals surface area contributed by atoms with Crippen molar-refractivity contribution in [2.75, 3.05) is 20.1 Å². The molecule has 1 amide bonds. The number of benzene rings is 2. The molecule has 0 aliphatic carbocycles. The monoisotopic (exact) mass is 390 g/mol. The van der Waals surface area contributed by atoms with Crippen LogP contribution in [0, 0.1) is 5.92 Å². The molecule has 1 aliphatic heterocycles. The van der Waals surface area contributed by atoms with E-state index in [9.17, 15) is 4.79 Å². The second-order valence-corrected chi connectivity index (χ2v) is 7.74. The Morgan fingerprint density at radius 3 is 2.27 bits per heavy atom. The first-order valence-electron chi connectivity index (χ1n) is 8.98. The van der Waals surface area contributed by atoms with Gasteiger partial charge in [0.2, 0.25) is 5.91 Å². The molecule has 0 aromatic heterocycles. The molecule has 138 valence electrons. The molecule has 2 aromatic rings. The van der Waals surface area contributed by atoms with Crippen molar-refractivity contribution >= 4 is 29.1 Å². The fourth-order valence-electron chi connectivity index (χ4n) is 3.49. The van der Waals surface area contributed by atoms with Gasteiger partial charge in [0.25, 0.3) is 0 Å². The minimum Gasteiger partial charge on any atom is -0.341 e. The SMILES string of the molecule is CN(Cc1ccccc1)C(=O)C1CCN(Cc2c(Cl)cccc2Cl)CC1. The summed E-state index contributed by atoms with van der Waals surface area (Å²) in [6, 6.07) is 15.7. The normalized spacial score (nSPS) is 15.8. The quantitative estimate of drug-likeness (QED) is 0.727. The lowest BCUT2D eigenvalue weighted by molar-refractivity contribution is -0.136. The van der Waals surface area contributed by atoms with Gasteiger partial charge >= 0.3 is 0 Å². The zero-order valence-electron chi connectivity index (χ0n) is 15.0. The largest absolute Gasteiger partial charge is 0.341 e. The summed E-state index contributed by atoms with van der Waals surface area (Å²) < 4.78 is 0. The van der Waals surface area contributed by atoms with E-state index >= 15 is 0 Å². The van der Waals surface area contributed by atoms with Crippen molar-refractivity contribution in [3.05, 3.63) is 69.7 Å². The average Bonchev–Trinajstić information content (AvgIpc) is 2.65. The minimum atomic E-state index is 0.0988. The van der Waals surface area contributed by atoms with Crippen molar-refractivity contribution < 1.29 is 4.79 Å².